The highest BCUT2D eigenvalue weighted by molar-refractivity contribution is 6.41. The summed E-state index contributed by atoms with van der Waals surface area (Å²) in [7, 11) is 0. The molecule has 0 bridgehead atoms. The molecule has 1 heterocycles. The van der Waals surface area contributed by atoms with E-state index < -0.39 is 24.0 Å². The number of ether oxygens (including phenoxy) is 1. The fraction of sp³-hybridized carbons (Fsp3) is 0.429. The highest BCUT2D eigenvalue weighted by Crippen LogP contribution is 2.20. The molecule has 0 aromatic carbocycles. The van der Waals surface area contributed by atoms with E-state index in [9.17, 15) is 9.59 Å². The molecule has 22 heavy (non-hydrogen) atoms. The number of pyridine rings is 1. The van der Waals surface area contributed by atoms with Crippen molar-refractivity contribution in [1.29, 1.82) is 5.26 Å². The van der Waals surface area contributed by atoms with E-state index in [2.05, 4.69) is 10.3 Å². The molecule has 0 aliphatic heterocycles. The Labute approximate surface area is 138 Å². The van der Waals surface area contributed by atoms with Crippen molar-refractivity contribution < 1.29 is 14.3 Å². The number of nitrogens with zero attached hydrogens (tertiary/aromatic N) is 2. The van der Waals surface area contributed by atoms with Gasteiger partial charge in [0, 0.05) is 6.20 Å². The summed E-state index contributed by atoms with van der Waals surface area (Å²) in [6, 6.07) is 3.32. The molecule has 1 aromatic heterocycles. The average molecular weight is 344 g/mol. The Morgan fingerprint density at radius 2 is 2.14 bits per heavy atom. The molecule has 0 radical (unpaired) electrons. The zero-order valence-electron chi connectivity index (χ0n) is 12.3. The van der Waals surface area contributed by atoms with Gasteiger partial charge in [-0.1, -0.05) is 37.0 Å². The van der Waals surface area contributed by atoms with Gasteiger partial charge in [0.1, 0.15) is 10.7 Å². The van der Waals surface area contributed by atoms with E-state index in [4.69, 9.17) is 33.2 Å². The number of hydrogen-bond donors (Lipinski definition) is 1. The maximum atomic E-state index is 11.8. The molecule has 1 rings (SSSR count). The van der Waals surface area contributed by atoms with Crippen molar-refractivity contribution in [1.82, 2.24) is 10.3 Å². The summed E-state index contributed by atoms with van der Waals surface area (Å²) in [5.74, 6) is -1.43. The topological polar surface area (TPSA) is 92.1 Å². The SMILES string of the molecule is CC(C)[C@@](C)(C#N)NC(=O)COC(=O)c1cnc(Cl)c(Cl)c1. The number of rotatable bonds is 5. The summed E-state index contributed by atoms with van der Waals surface area (Å²) in [4.78, 5) is 27.3. The van der Waals surface area contributed by atoms with E-state index >= 15 is 0 Å². The number of amides is 1. The van der Waals surface area contributed by atoms with Gasteiger partial charge >= 0.3 is 5.97 Å². The minimum atomic E-state index is -1.03. The first-order valence-electron chi connectivity index (χ1n) is 6.40. The van der Waals surface area contributed by atoms with Crippen LogP contribution >= 0.6 is 23.2 Å². The van der Waals surface area contributed by atoms with Crippen molar-refractivity contribution in [3.63, 3.8) is 0 Å². The highest BCUT2D eigenvalue weighted by Gasteiger charge is 2.30. The Hall–Kier alpha value is -1.84. The number of nitrogens with one attached hydrogen (secondary N) is 1. The smallest absolute Gasteiger partial charge is 0.340 e. The summed E-state index contributed by atoms with van der Waals surface area (Å²) >= 11 is 11.4. The van der Waals surface area contributed by atoms with Gasteiger partial charge in [-0.25, -0.2) is 9.78 Å². The predicted molar refractivity (Wildman–Crippen MR) is 81.5 cm³/mol. The maximum absolute atomic E-state index is 11.8. The lowest BCUT2D eigenvalue weighted by Gasteiger charge is -2.27. The second-order valence-electron chi connectivity index (χ2n) is 5.09. The molecule has 0 aliphatic carbocycles. The van der Waals surface area contributed by atoms with Crippen LogP contribution in [0.2, 0.25) is 10.2 Å². The molecule has 0 saturated heterocycles. The van der Waals surface area contributed by atoms with Gasteiger partial charge in [-0.05, 0) is 18.9 Å². The molecule has 0 spiro atoms. The van der Waals surface area contributed by atoms with Gasteiger partial charge in [0.2, 0.25) is 0 Å². The van der Waals surface area contributed by atoms with Gasteiger partial charge in [-0.3, -0.25) is 4.79 Å². The zero-order chi connectivity index (χ0) is 16.9. The first kappa shape index (κ1) is 18.2. The second kappa shape index (κ2) is 7.43. The minimum absolute atomic E-state index is 0.0673. The third-order valence-electron chi connectivity index (χ3n) is 3.15. The first-order valence-corrected chi connectivity index (χ1v) is 7.15. The number of nitriles is 1. The Bertz CT molecular complexity index is 628. The number of halogens is 2. The van der Waals surface area contributed by atoms with Gasteiger partial charge in [0.05, 0.1) is 16.7 Å². The Morgan fingerprint density at radius 1 is 1.50 bits per heavy atom. The van der Waals surface area contributed by atoms with Gasteiger partial charge in [-0.15, -0.1) is 0 Å². The van der Waals surface area contributed by atoms with Crippen molar-refractivity contribution in [2.45, 2.75) is 26.3 Å². The molecule has 1 aromatic rings. The zero-order valence-corrected chi connectivity index (χ0v) is 13.8. The number of aromatic nitrogens is 1. The van der Waals surface area contributed by atoms with Crippen LogP contribution in [0.4, 0.5) is 0 Å². The Morgan fingerprint density at radius 3 is 2.64 bits per heavy atom. The molecule has 1 amide bonds. The standard InChI is InChI=1S/C14H15Cl2N3O3/c1-8(2)14(3,7-17)19-11(20)6-22-13(21)9-4-10(15)12(16)18-5-9/h4-5,8H,6H2,1-3H3,(H,19,20)/t14-/m1/s1. The van der Waals surface area contributed by atoms with Crippen molar-refractivity contribution in [2.24, 2.45) is 5.92 Å². The molecule has 0 saturated carbocycles. The van der Waals surface area contributed by atoms with Gasteiger partial charge in [0.25, 0.3) is 5.91 Å². The van der Waals surface area contributed by atoms with E-state index in [1.54, 1.807) is 20.8 Å². The van der Waals surface area contributed by atoms with Gasteiger partial charge < -0.3 is 10.1 Å². The lowest BCUT2D eigenvalue weighted by molar-refractivity contribution is -0.125. The number of carbonyl (C=O) groups excluding carboxylic acids is 2. The summed E-state index contributed by atoms with van der Waals surface area (Å²) in [6.07, 6.45) is 1.20. The third kappa shape index (κ3) is 4.58. The van der Waals surface area contributed by atoms with Crippen LogP contribution in [0.1, 0.15) is 31.1 Å². The fourth-order valence-electron chi connectivity index (χ4n) is 1.37. The fourth-order valence-corrected chi connectivity index (χ4v) is 1.64. The quantitative estimate of drug-likeness (QED) is 0.655. The lowest BCUT2D eigenvalue weighted by Crippen LogP contribution is -2.50. The van der Waals surface area contributed by atoms with E-state index in [1.165, 1.54) is 12.3 Å². The van der Waals surface area contributed by atoms with Crippen molar-refractivity contribution in [3.05, 3.63) is 28.0 Å². The second-order valence-corrected chi connectivity index (χ2v) is 5.86. The van der Waals surface area contributed by atoms with Crippen molar-refractivity contribution in [2.75, 3.05) is 6.61 Å². The molecular formula is C14H15Cl2N3O3. The van der Waals surface area contributed by atoms with Gasteiger partial charge in [-0.2, -0.15) is 5.26 Å². The van der Waals surface area contributed by atoms with Crippen LogP contribution in [0.3, 0.4) is 0 Å². The van der Waals surface area contributed by atoms with Crippen molar-refractivity contribution in [3.8, 4) is 6.07 Å². The molecule has 0 fully saturated rings. The summed E-state index contributed by atoms with van der Waals surface area (Å²) in [5.41, 5.74) is -0.955. The molecule has 118 valence electrons. The van der Waals surface area contributed by atoms with Crippen LogP contribution in [0, 0.1) is 17.2 Å². The minimum Gasteiger partial charge on any atom is -0.452 e. The Kier molecular flexibility index (Phi) is 6.15. The summed E-state index contributed by atoms with van der Waals surface area (Å²) in [5, 5.41) is 11.8. The Balaban J connectivity index is 2.62. The summed E-state index contributed by atoms with van der Waals surface area (Å²) in [6.45, 7) is 4.69. The average Bonchev–Trinajstić information content (AvgIpc) is 2.47. The molecule has 8 heteroatoms. The predicted octanol–water partition coefficient (Wildman–Crippen LogP) is 2.60. The number of carbonyl (C=O) groups is 2. The molecule has 1 N–H and O–H groups in total. The van der Waals surface area contributed by atoms with Crippen LogP contribution in [-0.2, 0) is 9.53 Å². The van der Waals surface area contributed by atoms with Crippen molar-refractivity contribution >= 4 is 35.1 Å². The van der Waals surface area contributed by atoms with E-state index in [-0.39, 0.29) is 21.7 Å². The van der Waals surface area contributed by atoms with Crippen LogP contribution in [0.25, 0.3) is 0 Å². The van der Waals surface area contributed by atoms with Crippen LogP contribution in [0.15, 0.2) is 12.3 Å². The van der Waals surface area contributed by atoms with Gasteiger partial charge in [0.15, 0.2) is 6.61 Å². The molecule has 0 aliphatic rings. The molecule has 0 unspecified atom stereocenters. The number of esters is 1. The third-order valence-corrected chi connectivity index (χ3v) is 3.84. The molecule has 1 atom stereocenters. The van der Waals surface area contributed by atoms with E-state index in [0.29, 0.717) is 0 Å². The summed E-state index contributed by atoms with van der Waals surface area (Å²) < 4.78 is 4.85. The van der Waals surface area contributed by atoms with E-state index in [0.717, 1.165) is 0 Å². The first-order chi connectivity index (χ1) is 10.2. The van der Waals surface area contributed by atoms with E-state index in [1.807, 2.05) is 6.07 Å². The monoisotopic (exact) mass is 343 g/mol. The molecule has 6 nitrogen and oxygen atoms in total. The highest BCUT2D eigenvalue weighted by atomic mass is 35.5. The number of hydrogen-bond acceptors (Lipinski definition) is 5. The maximum Gasteiger partial charge on any atom is 0.340 e. The largest absolute Gasteiger partial charge is 0.452 e. The molecular weight excluding hydrogens is 329 g/mol. The normalized spacial score (nSPS) is 13.1. The lowest BCUT2D eigenvalue weighted by atomic mass is 9.90. The van der Waals surface area contributed by atoms with Crippen LogP contribution in [0.5, 0.6) is 0 Å². The van der Waals surface area contributed by atoms with Crippen LogP contribution in [-0.4, -0.2) is 29.0 Å². The van der Waals surface area contributed by atoms with Crippen LogP contribution < -0.4 is 5.32 Å².